The van der Waals surface area contributed by atoms with Crippen LogP contribution in [0.15, 0.2) is 41.3 Å². The van der Waals surface area contributed by atoms with Crippen molar-refractivity contribution in [2.75, 3.05) is 10.5 Å². The highest BCUT2D eigenvalue weighted by Crippen LogP contribution is 2.31. The third-order valence-electron chi connectivity index (χ3n) is 2.69. The van der Waals surface area contributed by atoms with Gasteiger partial charge in [-0.15, -0.1) is 0 Å². The molecule has 0 fully saturated rings. The van der Waals surface area contributed by atoms with Gasteiger partial charge >= 0.3 is 0 Å². The Labute approximate surface area is 135 Å². The molecule has 7 nitrogen and oxygen atoms in total. The minimum Gasteiger partial charge on any atom is -0.393 e. The van der Waals surface area contributed by atoms with Gasteiger partial charge in [0.15, 0.2) is 0 Å². The summed E-state index contributed by atoms with van der Waals surface area (Å²) in [5.74, 6) is 0. The smallest absolute Gasteiger partial charge is 0.294 e. The first-order chi connectivity index (χ1) is 10.2. The number of nitrogens with one attached hydrogen (secondary N) is 1. The van der Waals surface area contributed by atoms with E-state index in [1.54, 1.807) is 0 Å². The Morgan fingerprint density at radius 1 is 1.18 bits per heavy atom. The van der Waals surface area contributed by atoms with Crippen LogP contribution >= 0.6 is 23.2 Å². The Morgan fingerprint density at radius 2 is 1.86 bits per heavy atom. The van der Waals surface area contributed by atoms with Crippen LogP contribution in [0.25, 0.3) is 0 Å². The fraction of sp³-hybridized carbons (Fsp3) is 0. The van der Waals surface area contributed by atoms with E-state index >= 15 is 0 Å². The minimum absolute atomic E-state index is 0.0167. The van der Waals surface area contributed by atoms with E-state index in [2.05, 4.69) is 4.72 Å². The number of sulfonamides is 1. The Morgan fingerprint density at radius 3 is 2.50 bits per heavy atom. The van der Waals surface area contributed by atoms with Gasteiger partial charge in [-0.25, -0.2) is 8.42 Å². The zero-order valence-electron chi connectivity index (χ0n) is 10.8. The summed E-state index contributed by atoms with van der Waals surface area (Å²) >= 11 is 11.7. The maximum atomic E-state index is 12.3. The number of halogens is 2. The van der Waals surface area contributed by atoms with E-state index < -0.39 is 20.6 Å². The van der Waals surface area contributed by atoms with Crippen molar-refractivity contribution in [3.63, 3.8) is 0 Å². The normalized spacial score (nSPS) is 11.2. The van der Waals surface area contributed by atoms with Gasteiger partial charge in [0.25, 0.3) is 15.7 Å². The number of hydrogen-bond acceptors (Lipinski definition) is 5. The van der Waals surface area contributed by atoms with Gasteiger partial charge < -0.3 is 5.73 Å². The molecule has 0 heterocycles. The molecule has 0 bridgehead atoms. The van der Waals surface area contributed by atoms with Crippen LogP contribution in [-0.4, -0.2) is 13.3 Å². The molecule has 0 aliphatic rings. The van der Waals surface area contributed by atoms with Crippen LogP contribution in [0.1, 0.15) is 0 Å². The largest absolute Gasteiger partial charge is 0.393 e. The van der Waals surface area contributed by atoms with Gasteiger partial charge in [-0.05, 0) is 24.3 Å². The Hall–Kier alpha value is -2.03. The standard InChI is InChI=1S/C12H9Cl2N3O4S/c13-8-2-1-3-11(12(8)14)22(20,21)16-7-4-5-9(15)10(6-7)17(18)19/h1-6,16H,15H2. The maximum Gasteiger partial charge on any atom is 0.294 e. The summed E-state index contributed by atoms with van der Waals surface area (Å²) in [5.41, 5.74) is 4.95. The molecule has 2 rings (SSSR count). The summed E-state index contributed by atoms with van der Waals surface area (Å²) in [4.78, 5) is 9.87. The average molecular weight is 362 g/mol. The molecule has 0 saturated heterocycles. The molecule has 0 atom stereocenters. The third kappa shape index (κ3) is 3.24. The molecule has 0 unspecified atom stereocenters. The topological polar surface area (TPSA) is 115 Å². The van der Waals surface area contributed by atoms with Crippen molar-refractivity contribution in [1.29, 1.82) is 0 Å². The van der Waals surface area contributed by atoms with E-state index in [4.69, 9.17) is 28.9 Å². The van der Waals surface area contributed by atoms with Gasteiger partial charge in [-0.2, -0.15) is 0 Å². The molecule has 0 spiro atoms. The monoisotopic (exact) mass is 361 g/mol. The van der Waals surface area contributed by atoms with Crippen LogP contribution in [0.5, 0.6) is 0 Å². The number of hydrogen-bond donors (Lipinski definition) is 2. The van der Waals surface area contributed by atoms with Crippen LogP contribution in [-0.2, 0) is 10.0 Å². The van der Waals surface area contributed by atoms with E-state index in [9.17, 15) is 18.5 Å². The lowest BCUT2D eigenvalue weighted by Gasteiger charge is -2.10. The first kappa shape index (κ1) is 16.3. The summed E-state index contributed by atoms with van der Waals surface area (Å²) in [6.45, 7) is 0. The van der Waals surface area contributed by atoms with Gasteiger partial charge in [0.1, 0.15) is 10.6 Å². The fourth-order valence-electron chi connectivity index (χ4n) is 1.67. The number of nitro benzene ring substituents is 1. The van der Waals surface area contributed by atoms with Gasteiger partial charge in [0.2, 0.25) is 0 Å². The molecule has 116 valence electrons. The maximum absolute atomic E-state index is 12.3. The lowest BCUT2D eigenvalue weighted by molar-refractivity contribution is -0.383. The predicted molar refractivity (Wildman–Crippen MR) is 84.8 cm³/mol. The number of benzene rings is 2. The molecular formula is C12H9Cl2N3O4S. The summed E-state index contributed by atoms with van der Waals surface area (Å²) in [5, 5.41) is 10.8. The zero-order valence-corrected chi connectivity index (χ0v) is 13.1. The van der Waals surface area contributed by atoms with Gasteiger partial charge in [0.05, 0.1) is 20.7 Å². The SMILES string of the molecule is Nc1ccc(NS(=O)(=O)c2cccc(Cl)c2Cl)cc1[N+](=O)[O-]. The highest BCUT2D eigenvalue weighted by atomic mass is 35.5. The quantitative estimate of drug-likeness (QED) is 0.492. The van der Waals surface area contributed by atoms with Crippen LogP contribution in [0, 0.1) is 10.1 Å². The summed E-state index contributed by atoms with van der Waals surface area (Å²) in [7, 11) is -4.05. The van der Waals surface area contributed by atoms with Crippen LogP contribution in [0.4, 0.5) is 17.1 Å². The predicted octanol–water partition coefficient (Wildman–Crippen LogP) is 3.28. The molecular weight excluding hydrogens is 353 g/mol. The molecule has 10 heteroatoms. The van der Waals surface area contributed by atoms with E-state index in [0.29, 0.717) is 0 Å². The summed E-state index contributed by atoms with van der Waals surface area (Å²) in [6.07, 6.45) is 0. The average Bonchev–Trinajstić information content (AvgIpc) is 2.43. The first-order valence-electron chi connectivity index (χ1n) is 5.73. The molecule has 0 radical (unpaired) electrons. The van der Waals surface area contributed by atoms with Crippen molar-refractivity contribution >= 4 is 50.3 Å². The van der Waals surface area contributed by atoms with Crippen molar-refractivity contribution in [3.8, 4) is 0 Å². The Kier molecular flexibility index (Phi) is 4.45. The molecule has 22 heavy (non-hydrogen) atoms. The molecule has 2 aromatic rings. The van der Waals surface area contributed by atoms with Crippen molar-refractivity contribution in [3.05, 3.63) is 56.6 Å². The lowest BCUT2D eigenvalue weighted by atomic mass is 10.2. The van der Waals surface area contributed by atoms with Gasteiger partial charge in [-0.1, -0.05) is 29.3 Å². The Bertz CT molecular complexity index is 855. The fourth-order valence-corrected chi connectivity index (χ4v) is 3.48. The second-order valence-electron chi connectivity index (χ2n) is 4.19. The third-order valence-corrected chi connectivity index (χ3v) is 5.04. The highest BCUT2D eigenvalue weighted by molar-refractivity contribution is 7.92. The van der Waals surface area contributed by atoms with E-state index in [0.717, 1.165) is 6.07 Å². The van der Waals surface area contributed by atoms with Crippen LogP contribution < -0.4 is 10.5 Å². The van der Waals surface area contributed by atoms with E-state index in [1.807, 2.05) is 0 Å². The van der Waals surface area contributed by atoms with Crippen molar-refractivity contribution < 1.29 is 13.3 Å². The number of nitrogen functional groups attached to an aromatic ring is 1. The van der Waals surface area contributed by atoms with Crippen molar-refractivity contribution in [2.24, 2.45) is 0 Å². The molecule has 2 aromatic carbocycles. The van der Waals surface area contributed by atoms with Crippen LogP contribution in [0.2, 0.25) is 10.0 Å². The molecule has 0 aliphatic carbocycles. The number of nitrogens with two attached hydrogens (primary N) is 1. The van der Waals surface area contributed by atoms with E-state index in [1.165, 1.54) is 30.3 Å². The number of nitro groups is 1. The molecule has 0 saturated carbocycles. The summed E-state index contributed by atoms with van der Waals surface area (Å²) < 4.78 is 26.8. The molecule has 0 amide bonds. The summed E-state index contributed by atoms with van der Waals surface area (Å²) in [6, 6.07) is 7.69. The second kappa shape index (κ2) is 5.99. The Balaban J connectivity index is 2.43. The van der Waals surface area contributed by atoms with E-state index in [-0.39, 0.29) is 26.3 Å². The number of nitrogens with zero attached hydrogens (tertiary/aromatic N) is 1. The number of rotatable bonds is 4. The molecule has 3 N–H and O–H groups in total. The first-order valence-corrected chi connectivity index (χ1v) is 7.97. The van der Waals surface area contributed by atoms with Gasteiger partial charge in [0, 0.05) is 6.07 Å². The second-order valence-corrected chi connectivity index (χ2v) is 6.62. The molecule has 0 aliphatic heterocycles. The van der Waals surface area contributed by atoms with Crippen molar-refractivity contribution in [1.82, 2.24) is 0 Å². The van der Waals surface area contributed by atoms with Crippen molar-refractivity contribution in [2.45, 2.75) is 4.90 Å². The zero-order chi connectivity index (χ0) is 16.5. The number of anilines is 2. The minimum atomic E-state index is -4.05. The highest BCUT2D eigenvalue weighted by Gasteiger charge is 2.21. The lowest BCUT2D eigenvalue weighted by Crippen LogP contribution is -2.14. The van der Waals surface area contributed by atoms with Gasteiger partial charge in [-0.3, -0.25) is 14.8 Å². The van der Waals surface area contributed by atoms with Crippen LogP contribution in [0.3, 0.4) is 0 Å². The molecule has 0 aromatic heterocycles.